The molecule has 1 aromatic carbocycles. The Morgan fingerprint density at radius 1 is 1.50 bits per heavy atom. The van der Waals surface area contributed by atoms with Crippen molar-refractivity contribution in [1.29, 1.82) is 0 Å². The summed E-state index contributed by atoms with van der Waals surface area (Å²) in [6.07, 6.45) is 0.651. The van der Waals surface area contributed by atoms with Crippen molar-refractivity contribution in [2.45, 2.75) is 12.3 Å². The lowest BCUT2D eigenvalue weighted by atomic mass is 9.88. The average Bonchev–Trinajstić information content (AvgIpc) is 2.18. The SMILES string of the molecule is O=C(O)C(CC1COC1)c1ccccc1Br. The number of carbonyl (C=O) groups is 1. The summed E-state index contributed by atoms with van der Waals surface area (Å²) in [6, 6.07) is 7.50. The summed E-state index contributed by atoms with van der Waals surface area (Å²) in [5.74, 6) is -0.823. The van der Waals surface area contributed by atoms with Crippen molar-refractivity contribution in [2.75, 3.05) is 13.2 Å². The van der Waals surface area contributed by atoms with Gasteiger partial charge >= 0.3 is 5.97 Å². The summed E-state index contributed by atoms with van der Waals surface area (Å²) in [6.45, 7) is 1.38. The van der Waals surface area contributed by atoms with E-state index in [0.717, 1.165) is 10.0 Å². The highest BCUT2D eigenvalue weighted by molar-refractivity contribution is 9.10. The van der Waals surface area contributed by atoms with Crippen molar-refractivity contribution < 1.29 is 14.6 Å². The Labute approximate surface area is 103 Å². The monoisotopic (exact) mass is 284 g/mol. The fourth-order valence-corrected chi connectivity index (χ4v) is 2.43. The Balaban J connectivity index is 2.18. The van der Waals surface area contributed by atoms with E-state index in [0.29, 0.717) is 25.6 Å². The molecule has 2 rings (SSSR count). The van der Waals surface area contributed by atoms with E-state index in [1.807, 2.05) is 24.3 Å². The van der Waals surface area contributed by atoms with Crippen LogP contribution < -0.4 is 0 Å². The first-order chi connectivity index (χ1) is 7.68. The van der Waals surface area contributed by atoms with Crippen LogP contribution in [0.3, 0.4) is 0 Å². The molecular weight excluding hydrogens is 272 g/mol. The standard InChI is InChI=1S/C12H13BrO3/c13-11-4-2-1-3-9(11)10(12(14)15)5-8-6-16-7-8/h1-4,8,10H,5-7H2,(H,14,15). The van der Waals surface area contributed by atoms with Crippen LogP contribution in [0.4, 0.5) is 0 Å². The van der Waals surface area contributed by atoms with Crippen molar-refractivity contribution in [1.82, 2.24) is 0 Å². The van der Waals surface area contributed by atoms with E-state index in [9.17, 15) is 9.90 Å². The van der Waals surface area contributed by atoms with Gasteiger partial charge in [0.25, 0.3) is 0 Å². The van der Waals surface area contributed by atoms with E-state index in [4.69, 9.17) is 4.74 Å². The number of hydrogen-bond donors (Lipinski definition) is 1. The molecule has 0 radical (unpaired) electrons. The molecule has 1 N–H and O–H groups in total. The van der Waals surface area contributed by atoms with Crippen LogP contribution in [-0.2, 0) is 9.53 Å². The summed E-state index contributed by atoms with van der Waals surface area (Å²) >= 11 is 3.40. The third kappa shape index (κ3) is 2.44. The first-order valence-corrected chi connectivity index (χ1v) is 6.02. The van der Waals surface area contributed by atoms with E-state index in [1.54, 1.807) is 0 Å². The van der Waals surface area contributed by atoms with Crippen LogP contribution in [-0.4, -0.2) is 24.3 Å². The number of ether oxygens (including phenoxy) is 1. The molecule has 1 aliphatic rings. The molecular formula is C12H13BrO3. The molecule has 86 valence electrons. The molecule has 0 aromatic heterocycles. The van der Waals surface area contributed by atoms with Gasteiger partial charge in [-0.05, 0) is 18.1 Å². The maximum absolute atomic E-state index is 11.3. The Morgan fingerprint density at radius 2 is 2.19 bits per heavy atom. The van der Waals surface area contributed by atoms with Gasteiger partial charge in [0.05, 0.1) is 19.1 Å². The summed E-state index contributed by atoms with van der Waals surface area (Å²) in [5.41, 5.74) is 0.849. The van der Waals surface area contributed by atoms with Crippen molar-refractivity contribution in [2.24, 2.45) is 5.92 Å². The van der Waals surface area contributed by atoms with E-state index in [-0.39, 0.29) is 0 Å². The minimum atomic E-state index is -0.765. The zero-order chi connectivity index (χ0) is 11.5. The maximum Gasteiger partial charge on any atom is 0.311 e. The average molecular weight is 285 g/mol. The number of halogens is 1. The van der Waals surface area contributed by atoms with Gasteiger partial charge in [0.2, 0.25) is 0 Å². The second-order valence-corrected chi connectivity index (χ2v) is 4.91. The molecule has 1 aliphatic heterocycles. The molecule has 16 heavy (non-hydrogen) atoms. The molecule has 1 aromatic rings. The molecule has 0 spiro atoms. The predicted octanol–water partition coefficient (Wildman–Crippen LogP) is 2.65. The fourth-order valence-electron chi connectivity index (χ4n) is 1.87. The van der Waals surface area contributed by atoms with Crippen molar-refractivity contribution in [3.63, 3.8) is 0 Å². The quantitative estimate of drug-likeness (QED) is 0.925. The van der Waals surface area contributed by atoms with Crippen LogP contribution in [0, 0.1) is 5.92 Å². The largest absolute Gasteiger partial charge is 0.481 e. The molecule has 0 saturated carbocycles. The molecule has 0 bridgehead atoms. The lowest BCUT2D eigenvalue weighted by Gasteiger charge is -2.28. The molecule has 1 heterocycles. The zero-order valence-corrected chi connectivity index (χ0v) is 10.3. The lowest BCUT2D eigenvalue weighted by molar-refractivity contribution is -0.140. The Morgan fingerprint density at radius 3 is 2.69 bits per heavy atom. The van der Waals surface area contributed by atoms with Gasteiger partial charge in [-0.15, -0.1) is 0 Å². The van der Waals surface area contributed by atoms with E-state index in [2.05, 4.69) is 15.9 Å². The highest BCUT2D eigenvalue weighted by atomic mass is 79.9. The minimum absolute atomic E-state index is 0.383. The van der Waals surface area contributed by atoms with Crippen LogP contribution in [0.5, 0.6) is 0 Å². The molecule has 1 fully saturated rings. The van der Waals surface area contributed by atoms with Gasteiger partial charge in [-0.3, -0.25) is 4.79 Å². The van der Waals surface area contributed by atoms with Crippen LogP contribution in [0.15, 0.2) is 28.7 Å². The molecule has 4 heteroatoms. The molecule has 1 unspecified atom stereocenters. The Kier molecular flexibility index (Phi) is 3.61. The number of hydrogen-bond acceptors (Lipinski definition) is 2. The van der Waals surface area contributed by atoms with E-state index < -0.39 is 11.9 Å². The van der Waals surface area contributed by atoms with Crippen LogP contribution in [0.1, 0.15) is 17.9 Å². The van der Waals surface area contributed by atoms with E-state index in [1.165, 1.54) is 0 Å². The van der Waals surface area contributed by atoms with Gasteiger partial charge < -0.3 is 9.84 Å². The normalized spacial score (nSPS) is 17.8. The van der Waals surface area contributed by atoms with Gasteiger partial charge in [-0.2, -0.15) is 0 Å². The third-order valence-electron chi connectivity index (χ3n) is 2.85. The van der Waals surface area contributed by atoms with Gasteiger partial charge in [0.1, 0.15) is 0 Å². The van der Waals surface area contributed by atoms with Gasteiger partial charge in [0, 0.05) is 10.4 Å². The second-order valence-electron chi connectivity index (χ2n) is 4.05. The number of carboxylic acid groups (broad SMARTS) is 1. The number of rotatable bonds is 4. The highest BCUT2D eigenvalue weighted by Crippen LogP contribution is 2.32. The number of aliphatic carboxylic acids is 1. The van der Waals surface area contributed by atoms with Gasteiger partial charge in [-0.1, -0.05) is 34.1 Å². The fraction of sp³-hybridized carbons (Fsp3) is 0.417. The van der Waals surface area contributed by atoms with Crippen molar-refractivity contribution >= 4 is 21.9 Å². The predicted molar refractivity (Wildman–Crippen MR) is 63.4 cm³/mol. The second kappa shape index (κ2) is 4.97. The van der Waals surface area contributed by atoms with Gasteiger partial charge in [0.15, 0.2) is 0 Å². The van der Waals surface area contributed by atoms with Crippen LogP contribution >= 0.6 is 15.9 Å². The maximum atomic E-state index is 11.3. The number of carboxylic acids is 1. The molecule has 0 amide bonds. The van der Waals surface area contributed by atoms with Gasteiger partial charge in [-0.25, -0.2) is 0 Å². The smallest absolute Gasteiger partial charge is 0.311 e. The van der Waals surface area contributed by atoms with E-state index >= 15 is 0 Å². The zero-order valence-electron chi connectivity index (χ0n) is 8.73. The molecule has 1 atom stereocenters. The lowest BCUT2D eigenvalue weighted by Crippen LogP contribution is -2.31. The summed E-state index contributed by atoms with van der Waals surface area (Å²) in [5, 5.41) is 9.26. The molecule has 1 saturated heterocycles. The summed E-state index contributed by atoms with van der Waals surface area (Å²) in [7, 11) is 0. The first kappa shape index (κ1) is 11.6. The Hall–Kier alpha value is -0.870. The van der Waals surface area contributed by atoms with Crippen LogP contribution in [0.2, 0.25) is 0 Å². The third-order valence-corrected chi connectivity index (χ3v) is 3.58. The molecule has 0 aliphatic carbocycles. The topological polar surface area (TPSA) is 46.5 Å². The molecule has 3 nitrogen and oxygen atoms in total. The number of benzene rings is 1. The summed E-state index contributed by atoms with van der Waals surface area (Å²) < 4.78 is 5.94. The van der Waals surface area contributed by atoms with Crippen molar-refractivity contribution in [3.05, 3.63) is 34.3 Å². The van der Waals surface area contributed by atoms with Crippen LogP contribution in [0.25, 0.3) is 0 Å². The highest BCUT2D eigenvalue weighted by Gasteiger charge is 2.29. The first-order valence-electron chi connectivity index (χ1n) is 5.23. The summed E-state index contributed by atoms with van der Waals surface area (Å²) in [4.78, 5) is 11.3. The van der Waals surface area contributed by atoms with Crippen molar-refractivity contribution in [3.8, 4) is 0 Å². The minimum Gasteiger partial charge on any atom is -0.481 e. The Bertz CT molecular complexity index is 388.